The highest BCUT2D eigenvalue weighted by Crippen LogP contribution is 2.52. The molecule has 0 radical (unpaired) electrons. The minimum absolute atomic E-state index is 0.147. The smallest absolute Gasteiger partial charge is 0.232 e. The molecular formula is C25H22N4O3S. The van der Waals surface area contributed by atoms with Gasteiger partial charge in [-0.05, 0) is 36.4 Å². The molecule has 1 N–H and O–H groups in total. The molecule has 7 nitrogen and oxygen atoms in total. The number of nitrogens with one attached hydrogen (secondary N) is 1. The first-order chi connectivity index (χ1) is 16.0. The summed E-state index contributed by atoms with van der Waals surface area (Å²) in [6.45, 7) is 3.86. The number of methoxy groups -OCH3 is 1. The van der Waals surface area contributed by atoms with Crippen molar-refractivity contribution in [3.05, 3.63) is 77.3 Å². The van der Waals surface area contributed by atoms with Crippen molar-refractivity contribution in [3.63, 3.8) is 0 Å². The fourth-order valence-electron chi connectivity index (χ4n) is 4.15. The Bertz CT molecular complexity index is 1300. The predicted molar refractivity (Wildman–Crippen MR) is 127 cm³/mol. The van der Waals surface area contributed by atoms with E-state index in [-0.39, 0.29) is 11.8 Å². The Kier molecular flexibility index (Phi) is 5.30. The van der Waals surface area contributed by atoms with Crippen LogP contribution in [0.5, 0.6) is 17.4 Å². The zero-order valence-electron chi connectivity index (χ0n) is 18.4. The molecule has 5 rings (SSSR count). The van der Waals surface area contributed by atoms with Crippen molar-refractivity contribution in [2.45, 2.75) is 19.8 Å². The van der Waals surface area contributed by atoms with Gasteiger partial charge < -0.3 is 14.8 Å². The van der Waals surface area contributed by atoms with Crippen LogP contribution in [0.1, 0.15) is 30.9 Å². The van der Waals surface area contributed by atoms with E-state index in [1.165, 1.54) is 11.3 Å². The number of nitrogens with zero attached hydrogens (tertiary/aromatic N) is 3. The molecule has 4 aromatic rings. The van der Waals surface area contributed by atoms with Crippen molar-refractivity contribution in [3.8, 4) is 28.6 Å². The molecule has 0 bridgehead atoms. The number of carbonyl (C=O) groups is 1. The van der Waals surface area contributed by atoms with Crippen LogP contribution in [0.3, 0.4) is 0 Å². The third-order valence-corrected chi connectivity index (χ3v) is 6.52. The number of ether oxygens (including phenoxy) is 2. The number of amides is 1. The number of benzene rings is 2. The van der Waals surface area contributed by atoms with Gasteiger partial charge in [0, 0.05) is 22.6 Å². The van der Waals surface area contributed by atoms with Gasteiger partial charge in [0.05, 0.1) is 18.2 Å². The van der Waals surface area contributed by atoms with Gasteiger partial charge in [-0.15, -0.1) is 10.2 Å². The SMILES string of the molecule is COc1ccc(-c2ccc3c(n2)Oc2ccccc2[C@@H]3C(C)(C)C(=O)Nc2nncs2)cc1. The van der Waals surface area contributed by atoms with E-state index in [0.29, 0.717) is 16.8 Å². The van der Waals surface area contributed by atoms with E-state index in [1.54, 1.807) is 12.6 Å². The van der Waals surface area contributed by atoms with Gasteiger partial charge in [0.2, 0.25) is 16.9 Å². The van der Waals surface area contributed by atoms with Crippen LogP contribution >= 0.6 is 11.3 Å². The van der Waals surface area contributed by atoms with Crippen LogP contribution in [0.4, 0.5) is 5.13 Å². The summed E-state index contributed by atoms with van der Waals surface area (Å²) >= 11 is 1.29. The van der Waals surface area contributed by atoms with E-state index in [1.807, 2.05) is 74.5 Å². The highest BCUT2D eigenvalue weighted by Gasteiger charge is 2.44. The van der Waals surface area contributed by atoms with Crippen LogP contribution in [0.2, 0.25) is 0 Å². The number of carbonyl (C=O) groups excluding carboxylic acids is 1. The Balaban J connectivity index is 1.57. The summed E-state index contributed by atoms with van der Waals surface area (Å²) in [5.41, 5.74) is 4.32. The van der Waals surface area contributed by atoms with Gasteiger partial charge in [-0.25, -0.2) is 4.98 Å². The van der Waals surface area contributed by atoms with Crippen molar-refractivity contribution in [1.29, 1.82) is 0 Å². The molecule has 33 heavy (non-hydrogen) atoms. The maximum atomic E-state index is 13.4. The van der Waals surface area contributed by atoms with Crippen LogP contribution in [0.25, 0.3) is 11.3 Å². The minimum atomic E-state index is -0.816. The predicted octanol–water partition coefficient (Wildman–Crippen LogP) is 5.51. The molecule has 0 saturated carbocycles. The average Bonchev–Trinajstić information content (AvgIpc) is 3.35. The Labute approximate surface area is 195 Å². The van der Waals surface area contributed by atoms with Gasteiger partial charge >= 0.3 is 0 Å². The molecule has 0 saturated heterocycles. The Morgan fingerprint density at radius 1 is 1.06 bits per heavy atom. The lowest BCUT2D eigenvalue weighted by molar-refractivity contribution is -0.124. The molecule has 8 heteroatoms. The van der Waals surface area contributed by atoms with E-state index >= 15 is 0 Å². The third kappa shape index (κ3) is 3.82. The third-order valence-electron chi connectivity index (χ3n) is 5.91. The molecular weight excluding hydrogens is 436 g/mol. The zero-order valence-corrected chi connectivity index (χ0v) is 19.2. The second-order valence-corrected chi connectivity index (χ2v) is 9.15. The van der Waals surface area contributed by atoms with E-state index < -0.39 is 5.41 Å². The molecule has 2 aromatic heterocycles. The zero-order chi connectivity index (χ0) is 23.0. The quantitative estimate of drug-likeness (QED) is 0.424. The van der Waals surface area contributed by atoms with Crippen LogP contribution in [-0.2, 0) is 4.79 Å². The second-order valence-electron chi connectivity index (χ2n) is 8.31. The molecule has 1 aliphatic rings. The number of pyridine rings is 1. The average molecular weight is 459 g/mol. The van der Waals surface area contributed by atoms with Crippen molar-refractivity contribution < 1.29 is 14.3 Å². The van der Waals surface area contributed by atoms with Gasteiger partial charge in [-0.2, -0.15) is 0 Å². The Morgan fingerprint density at radius 2 is 1.85 bits per heavy atom. The van der Waals surface area contributed by atoms with E-state index in [9.17, 15) is 4.79 Å². The summed E-state index contributed by atoms with van der Waals surface area (Å²) in [5, 5.41) is 11.1. The fraction of sp³-hybridized carbons (Fsp3) is 0.200. The van der Waals surface area contributed by atoms with Gasteiger partial charge in [-0.1, -0.05) is 49.4 Å². The highest BCUT2D eigenvalue weighted by atomic mass is 32.1. The topological polar surface area (TPSA) is 86.2 Å². The molecule has 166 valence electrons. The summed E-state index contributed by atoms with van der Waals surface area (Å²) in [4.78, 5) is 18.2. The first kappa shape index (κ1) is 21.1. The number of hydrogen-bond donors (Lipinski definition) is 1. The van der Waals surface area contributed by atoms with Crippen LogP contribution in [0, 0.1) is 5.41 Å². The van der Waals surface area contributed by atoms with Crippen molar-refractivity contribution in [2.75, 3.05) is 12.4 Å². The van der Waals surface area contributed by atoms with Crippen LogP contribution < -0.4 is 14.8 Å². The lowest BCUT2D eigenvalue weighted by Crippen LogP contribution is -2.38. The van der Waals surface area contributed by atoms with Crippen molar-refractivity contribution >= 4 is 22.4 Å². The first-order valence-electron chi connectivity index (χ1n) is 10.5. The standard InChI is InChI=1S/C25H22N4O3S/c1-25(2,23(30)28-24-29-26-14-33-24)21-17-6-4-5-7-20(17)32-22-18(21)12-13-19(27-22)15-8-10-16(31-3)11-9-15/h4-14,21H,1-3H3,(H,28,29,30)/t21-/m0/s1. The number of anilines is 1. The summed E-state index contributed by atoms with van der Waals surface area (Å²) in [6.07, 6.45) is 0. The number of aromatic nitrogens is 3. The maximum Gasteiger partial charge on any atom is 0.232 e. The molecule has 2 aromatic carbocycles. The normalized spacial score (nSPS) is 14.6. The molecule has 0 fully saturated rings. The largest absolute Gasteiger partial charge is 0.497 e. The van der Waals surface area contributed by atoms with E-state index in [2.05, 4.69) is 15.5 Å². The molecule has 1 amide bonds. The highest BCUT2D eigenvalue weighted by molar-refractivity contribution is 7.13. The molecule has 0 spiro atoms. The molecule has 0 unspecified atom stereocenters. The number of para-hydroxylation sites is 1. The van der Waals surface area contributed by atoms with Gasteiger partial charge in [-0.3, -0.25) is 4.79 Å². The molecule has 3 heterocycles. The lowest BCUT2D eigenvalue weighted by Gasteiger charge is -2.37. The Morgan fingerprint density at radius 3 is 2.58 bits per heavy atom. The van der Waals surface area contributed by atoms with E-state index in [0.717, 1.165) is 28.1 Å². The summed E-state index contributed by atoms with van der Waals surface area (Å²) in [5.74, 6) is 1.58. The molecule has 1 aliphatic heterocycles. The van der Waals surface area contributed by atoms with Gasteiger partial charge in [0.1, 0.15) is 17.0 Å². The fourth-order valence-corrected chi connectivity index (χ4v) is 4.59. The monoisotopic (exact) mass is 458 g/mol. The summed E-state index contributed by atoms with van der Waals surface area (Å²) in [6, 6.07) is 19.5. The van der Waals surface area contributed by atoms with Gasteiger partial charge in [0.15, 0.2) is 0 Å². The minimum Gasteiger partial charge on any atom is -0.497 e. The van der Waals surface area contributed by atoms with Crippen molar-refractivity contribution in [2.24, 2.45) is 5.41 Å². The summed E-state index contributed by atoms with van der Waals surface area (Å²) < 4.78 is 11.5. The number of hydrogen-bond acceptors (Lipinski definition) is 7. The molecule has 0 aliphatic carbocycles. The lowest BCUT2D eigenvalue weighted by atomic mass is 9.69. The second kappa shape index (κ2) is 8.29. The van der Waals surface area contributed by atoms with Crippen LogP contribution in [-0.4, -0.2) is 28.2 Å². The molecule has 1 atom stereocenters. The summed E-state index contributed by atoms with van der Waals surface area (Å²) in [7, 11) is 1.64. The first-order valence-corrected chi connectivity index (χ1v) is 11.3. The van der Waals surface area contributed by atoms with Crippen molar-refractivity contribution in [1.82, 2.24) is 15.2 Å². The number of rotatable bonds is 5. The maximum absolute atomic E-state index is 13.4. The van der Waals surface area contributed by atoms with Crippen LogP contribution in [0.15, 0.2) is 66.2 Å². The van der Waals surface area contributed by atoms with E-state index in [4.69, 9.17) is 14.5 Å². The Hall–Kier alpha value is -3.78. The van der Waals surface area contributed by atoms with Gasteiger partial charge in [0.25, 0.3) is 0 Å². The number of fused-ring (bicyclic) bond motifs is 2.